The lowest BCUT2D eigenvalue weighted by Crippen LogP contribution is -2.47. The van der Waals surface area contributed by atoms with Crippen LogP contribution < -0.4 is 10.1 Å². The molecule has 0 aliphatic carbocycles. The number of carbonyl (C=O) groups excluding carboxylic acids is 2. The van der Waals surface area contributed by atoms with Gasteiger partial charge in [0, 0.05) is 11.5 Å². The highest BCUT2D eigenvalue weighted by Gasteiger charge is 2.28. The zero-order valence-corrected chi connectivity index (χ0v) is 20.4. The number of aliphatic carboxylic acids is 1. The smallest absolute Gasteiger partial charge is 0.408 e. The van der Waals surface area contributed by atoms with Crippen LogP contribution >= 0.6 is 0 Å². The monoisotopic (exact) mass is 451 g/mol. The number of rotatable bonds is 10. The topological polar surface area (TPSA) is 111 Å². The van der Waals surface area contributed by atoms with Crippen LogP contribution in [0.5, 0.6) is 5.75 Å². The zero-order valence-electron chi connectivity index (χ0n) is 20.4. The number of carbonyl (C=O) groups is 3. The molecule has 0 aliphatic rings. The van der Waals surface area contributed by atoms with Gasteiger partial charge in [0.15, 0.2) is 11.9 Å². The maximum atomic E-state index is 13.1. The molecular weight excluding hydrogens is 414 g/mol. The second-order valence-corrected chi connectivity index (χ2v) is 9.77. The van der Waals surface area contributed by atoms with Gasteiger partial charge in [0.05, 0.1) is 12.2 Å². The second kappa shape index (κ2) is 11.3. The summed E-state index contributed by atoms with van der Waals surface area (Å²) in [7, 11) is 0. The maximum Gasteiger partial charge on any atom is 0.408 e. The summed E-state index contributed by atoms with van der Waals surface area (Å²) in [5.41, 5.74) is -0.891. The molecule has 0 saturated carbocycles. The van der Waals surface area contributed by atoms with Gasteiger partial charge in [-0.3, -0.25) is 4.79 Å². The molecule has 3 unspecified atom stereocenters. The van der Waals surface area contributed by atoms with Gasteiger partial charge in [0.1, 0.15) is 17.4 Å². The summed E-state index contributed by atoms with van der Waals surface area (Å²) < 4.78 is 16.6. The van der Waals surface area contributed by atoms with E-state index in [0.29, 0.717) is 17.7 Å². The minimum atomic E-state index is -1.04. The van der Waals surface area contributed by atoms with E-state index in [1.54, 1.807) is 39.8 Å². The van der Waals surface area contributed by atoms with E-state index in [9.17, 15) is 19.5 Å². The average Bonchev–Trinajstić information content (AvgIpc) is 2.66. The van der Waals surface area contributed by atoms with Crippen LogP contribution in [0.4, 0.5) is 4.79 Å². The van der Waals surface area contributed by atoms with Crippen molar-refractivity contribution < 1.29 is 33.7 Å². The number of nitrogens with one attached hydrogen (secondary N) is 1. The molecule has 0 saturated heterocycles. The number of carboxylic acid groups (broad SMARTS) is 1. The SMILES string of the molecule is CCC(C)C(Oc1ccc(C(=O)C(COC(C)(C)C)NC(=O)OC(C)(C)C)cc1)C(=O)O. The Morgan fingerprint density at radius 3 is 2.00 bits per heavy atom. The Labute approximate surface area is 190 Å². The summed E-state index contributed by atoms with van der Waals surface area (Å²) in [5, 5.41) is 12.0. The molecule has 0 bridgehead atoms. The molecule has 3 atom stereocenters. The number of ether oxygens (including phenoxy) is 3. The Morgan fingerprint density at radius 2 is 1.56 bits per heavy atom. The van der Waals surface area contributed by atoms with Crippen LogP contribution in [0.15, 0.2) is 24.3 Å². The predicted molar refractivity (Wildman–Crippen MR) is 121 cm³/mol. The van der Waals surface area contributed by atoms with Crippen molar-refractivity contribution in [2.45, 2.75) is 85.2 Å². The second-order valence-electron chi connectivity index (χ2n) is 9.77. The van der Waals surface area contributed by atoms with Crippen LogP contribution in [0.3, 0.4) is 0 Å². The summed E-state index contributed by atoms with van der Waals surface area (Å²) in [4.78, 5) is 36.8. The normalized spacial score (nSPS) is 14.8. The van der Waals surface area contributed by atoms with Gasteiger partial charge in [-0.1, -0.05) is 13.8 Å². The summed E-state index contributed by atoms with van der Waals surface area (Å²) in [6.07, 6.45) is -1.05. The van der Waals surface area contributed by atoms with E-state index in [-0.39, 0.29) is 18.3 Å². The summed E-state index contributed by atoms with van der Waals surface area (Å²) in [6, 6.07) is 5.20. The third-order valence-electron chi connectivity index (χ3n) is 4.50. The van der Waals surface area contributed by atoms with Crippen molar-refractivity contribution >= 4 is 17.8 Å². The Balaban J connectivity index is 3.00. The summed E-state index contributed by atoms with van der Waals surface area (Å²) in [5.74, 6) is -1.23. The number of hydrogen-bond acceptors (Lipinski definition) is 6. The lowest BCUT2D eigenvalue weighted by molar-refractivity contribution is -0.147. The van der Waals surface area contributed by atoms with Crippen molar-refractivity contribution in [3.05, 3.63) is 29.8 Å². The number of hydrogen-bond donors (Lipinski definition) is 2. The van der Waals surface area contributed by atoms with Crippen molar-refractivity contribution in [1.29, 1.82) is 0 Å². The fourth-order valence-corrected chi connectivity index (χ4v) is 2.64. The molecule has 0 heterocycles. The molecule has 0 aliphatic heterocycles. The van der Waals surface area contributed by atoms with Crippen LogP contribution in [0.1, 0.15) is 72.2 Å². The number of carboxylic acids is 1. The molecule has 0 radical (unpaired) electrons. The molecule has 1 amide bonds. The Morgan fingerprint density at radius 1 is 1.00 bits per heavy atom. The number of amides is 1. The van der Waals surface area contributed by atoms with E-state index >= 15 is 0 Å². The number of ketones is 1. The highest BCUT2D eigenvalue weighted by Crippen LogP contribution is 2.20. The van der Waals surface area contributed by atoms with Gasteiger partial charge in [-0.15, -0.1) is 0 Å². The third kappa shape index (κ3) is 9.68. The Bertz CT molecular complexity index is 775. The van der Waals surface area contributed by atoms with Crippen LogP contribution in [0, 0.1) is 5.92 Å². The average molecular weight is 452 g/mol. The Kier molecular flexibility index (Phi) is 9.70. The van der Waals surface area contributed by atoms with Gasteiger partial charge in [-0.2, -0.15) is 0 Å². The van der Waals surface area contributed by atoms with Crippen molar-refractivity contribution in [3.8, 4) is 5.75 Å². The van der Waals surface area contributed by atoms with Crippen molar-refractivity contribution in [1.82, 2.24) is 5.32 Å². The first-order valence-corrected chi connectivity index (χ1v) is 10.8. The van der Waals surface area contributed by atoms with Crippen LogP contribution in [-0.4, -0.2) is 52.9 Å². The van der Waals surface area contributed by atoms with Gasteiger partial charge in [-0.25, -0.2) is 9.59 Å². The molecule has 1 aromatic rings. The number of alkyl carbamates (subject to hydrolysis) is 1. The summed E-state index contributed by atoms with van der Waals surface area (Å²) >= 11 is 0. The molecule has 0 fully saturated rings. The molecule has 1 aromatic carbocycles. The fourth-order valence-electron chi connectivity index (χ4n) is 2.64. The van der Waals surface area contributed by atoms with Crippen LogP contribution in [0.2, 0.25) is 0 Å². The molecule has 180 valence electrons. The molecule has 0 spiro atoms. The largest absolute Gasteiger partial charge is 0.478 e. The molecule has 1 rings (SSSR count). The van der Waals surface area contributed by atoms with Crippen molar-refractivity contribution in [2.24, 2.45) is 5.92 Å². The van der Waals surface area contributed by atoms with E-state index in [0.717, 1.165) is 0 Å². The highest BCUT2D eigenvalue weighted by atomic mass is 16.6. The zero-order chi connectivity index (χ0) is 24.7. The third-order valence-corrected chi connectivity index (χ3v) is 4.50. The first-order valence-electron chi connectivity index (χ1n) is 10.8. The van der Waals surface area contributed by atoms with E-state index in [1.165, 1.54) is 12.1 Å². The minimum absolute atomic E-state index is 0.0328. The predicted octanol–water partition coefficient (Wildman–Crippen LogP) is 4.46. The number of Topliss-reactive ketones (excluding diaryl/α,β-unsaturated/α-hetero) is 1. The van der Waals surface area contributed by atoms with E-state index in [1.807, 2.05) is 27.7 Å². The van der Waals surface area contributed by atoms with E-state index in [4.69, 9.17) is 14.2 Å². The van der Waals surface area contributed by atoms with E-state index < -0.39 is 35.4 Å². The molecular formula is C24H37NO7. The lowest BCUT2D eigenvalue weighted by atomic mass is 10.0. The fraction of sp³-hybridized carbons (Fsp3) is 0.625. The van der Waals surface area contributed by atoms with Crippen molar-refractivity contribution in [3.63, 3.8) is 0 Å². The summed E-state index contributed by atoms with van der Waals surface area (Å²) in [6.45, 7) is 14.4. The first kappa shape index (κ1) is 27.4. The molecule has 32 heavy (non-hydrogen) atoms. The van der Waals surface area contributed by atoms with Gasteiger partial charge in [0.2, 0.25) is 0 Å². The molecule has 8 nitrogen and oxygen atoms in total. The molecule has 2 N–H and O–H groups in total. The Hall–Kier alpha value is -2.61. The highest BCUT2D eigenvalue weighted by molar-refractivity contribution is 6.01. The van der Waals surface area contributed by atoms with Crippen LogP contribution in [-0.2, 0) is 14.3 Å². The quantitative estimate of drug-likeness (QED) is 0.505. The standard InChI is InChI=1S/C24H37NO7/c1-9-15(2)20(21(27)28)31-17-12-10-16(11-13-17)19(26)18(14-30-23(3,4)5)25-22(29)32-24(6,7)8/h10-13,15,18,20H,9,14H2,1-8H3,(H,25,29)(H,27,28). The molecule has 0 aromatic heterocycles. The lowest BCUT2D eigenvalue weighted by Gasteiger charge is -2.26. The number of benzene rings is 1. The van der Waals surface area contributed by atoms with Gasteiger partial charge in [0.25, 0.3) is 0 Å². The minimum Gasteiger partial charge on any atom is -0.478 e. The van der Waals surface area contributed by atoms with Gasteiger partial charge < -0.3 is 24.6 Å². The molecule has 8 heteroatoms. The van der Waals surface area contributed by atoms with Gasteiger partial charge in [-0.05, 0) is 72.2 Å². The van der Waals surface area contributed by atoms with Crippen LogP contribution in [0.25, 0.3) is 0 Å². The maximum absolute atomic E-state index is 13.1. The first-order chi connectivity index (χ1) is 14.6. The van der Waals surface area contributed by atoms with E-state index in [2.05, 4.69) is 5.32 Å². The van der Waals surface area contributed by atoms with Crippen molar-refractivity contribution in [2.75, 3.05) is 6.61 Å². The van der Waals surface area contributed by atoms with Gasteiger partial charge >= 0.3 is 12.1 Å².